The number of piperidine rings is 1. The van der Waals surface area contributed by atoms with Crippen molar-refractivity contribution in [2.45, 2.75) is 52.5 Å². The van der Waals surface area contributed by atoms with E-state index in [1.54, 1.807) is 6.20 Å². The summed E-state index contributed by atoms with van der Waals surface area (Å²) in [6, 6.07) is 12.0. The summed E-state index contributed by atoms with van der Waals surface area (Å²) in [6.07, 6.45) is 5.93. The predicted octanol–water partition coefficient (Wildman–Crippen LogP) is 5.49. The fourth-order valence-corrected chi connectivity index (χ4v) is 4.26. The first-order valence-electron chi connectivity index (χ1n) is 11.2. The second-order valence-electron chi connectivity index (χ2n) is 8.01. The molecule has 6 nitrogen and oxygen atoms in total. The van der Waals surface area contributed by atoms with Crippen LogP contribution in [0.25, 0.3) is 11.0 Å². The molecular formula is C25H30N4O2. The number of hydrogen-bond acceptors (Lipinski definition) is 5. The second kappa shape index (κ2) is 9.33. The molecule has 1 aromatic carbocycles. The molecule has 1 atom stereocenters. The highest BCUT2D eigenvalue weighted by molar-refractivity contribution is 6.07. The van der Waals surface area contributed by atoms with Crippen LogP contribution in [0.2, 0.25) is 0 Å². The van der Waals surface area contributed by atoms with Crippen molar-refractivity contribution in [1.82, 2.24) is 14.9 Å². The molecule has 2 aromatic heterocycles. The van der Waals surface area contributed by atoms with Crippen LogP contribution < -0.4 is 10.1 Å². The molecular weight excluding hydrogens is 388 g/mol. The van der Waals surface area contributed by atoms with Gasteiger partial charge in [0.15, 0.2) is 5.65 Å². The molecule has 3 heterocycles. The summed E-state index contributed by atoms with van der Waals surface area (Å²) >= 11 is 0. The summed E-state index contributed by atoms with van der Waals surface area (Å²) < 4.78 is 5.55. The van der Waals surface area contributed by atoms with Gasteiger partial charge in [-0.15, -0.1) is 0 Å². The van der Waals surface area contributed by atoms with Gasteiger partial charge in [-0.05, 0) is 75.9 Å². The Morgan fingerprint density at radius 3 is 2.71 bits per heavy atom. The molecule has 1 amide bonds. The maximum atomic E-state index is 13.6. The van der Waals surface area contributed by atoms with E-state index in [0.717, 1.165) is 54.0 Å². The number of nitrogens with one attached hydrogen (secondary N) is 1. The Balaban J connectivity index is 1.76. The van der Waals surface area contributed by atoms with Crippen molar-refractivity contribution in [1.29, 1.82) is 0 Å². The molecule has 1 saturated heterocycles. The van der Waals surface area contributed by atoms with E-state index in [4.69, 9.17) is 4.74 Å². The van der Waals surface area contributed by atoms with Crippen molar-refractivity contribution in [3.8, 4) is 5.75 Å². The lowest BCUT2D eigenvalue weighted by Gasteiger charge is -2.35. The zero-order chi connectivity index (χ0) is 21.8. The van der Waals surface area contributed by atoms with Gasteiger partial charge in [-0.25, -0.2) is 9.97 Å². The number of rotatable bonds is 6. The predicted molar refractivity (Wildman–Crippen MR) is 124 cm³/mol. The van der Waals surface area contributed by atoms with Gasteiger partial charge in [0.1, 0.15) is 5.75 Å². The average Bonchev–Trinajstić information content (AvgIpc) is 2.80. The molecule has 0 saturated carbocycles. The van der Waals surface area contributed by atoms with Crippen molar-refractivity contribution in [3.63, 3.8) is 0 Å². The minimum Gasteiger partial charge on any atom is -0.494 e. The van der Waals surface area contributed by atoms with E-state index in [1.807, 2.05) is 55.1 Å². The Bertz CT molecular complexity index is 1070. The molecule has 0 radical (unpaired) electrons. The SMILES string of the molecule is CCOc1ccc(Nc2c(C(=O)N3CCCCC3CC)cnc3nc(C)ccc23)cc1. The number of benzene rings is 1. The second-order valence-corrected chi connectivity index (χ2v) is 8.01. The maximum Gasteiger partial charge on any atom is 0.257 e. The molecule has 1 fully saturated rings. The van der Waals surface area contributed by atoms with Crippen molar-refractivity contribution in [2.24, 2.45) is 0 Å². The zero-order valence-corrected chi connectivity index (χ0v) is 18.5. The van der Waals surface area contributed by atoms with E-state index in [-0.39, 0.29) is 11.9 Å². The third kappa shape index (κ3) is 4.48. The summed E-state index contributed by atoms with van der Waals surface area (Å²) in [5.74, 6) is 0.857. The number of ether oxygens (including phenoxy) is 1. The Morgan fingerprint density at radius 1 is 1.16 bits per heavy atom. The van der Waals surface area contributed by atoms with E-state index in [1.165, 1.54) is 6.42 Å². The molecule has 0 bridgehead atoms. The topological polar surface area (TPSA) is 67.3 Å². The van der Waals surface area contributed by atoms with Gasteiger partial charge in [-0.3, -0.25) is 4.79 Å². The fraction of sp³-hybridized carbons (Fsp3) is 0.400. The monoisotopic (exact) mass is 418 g/mol. The van der Waals surface area contributed by atoms with Gasteiger partial charge in [0.25, 0.3) is 5.91 Å². The number of carbonyl (C=O) groups excluding carboxylic acids is 1. The van der Waals surface area contributed by atoms with Crippen molar-refractivity contribution >= 4 is 28.3 Å². The zero-order valence-electron chi connectivity index (χ0n) is 18.5. The first-order valence-corrected chi connectivity index (χ1v) is 11.2. The highest BCUT2D eigenvalue weighted by atomic mass is 16.5. The standard InChI is InChI=1S/C25H30N4O2/c1-4-19-8-6-7-15-29(19)25(30)22-16-26-24-21(14-9-17(3)27-24)23(22)28-18-10-12-20(13-11-18)31-5-2/h9-14,16,19H,4-8,15H2,1-3H3,(H,26,27,28). The van der Waals surface area contributed by atoms with E-state index in [2.05, 4.69) is 22.2 Å². The summed E-state index contributed by atoms with van der Waals surface area (Å²) in [5, 5.41) is 4.32. The number of aromatic nitrogens is 2. The van der Waals surface area contributed by atoms with Gasteiger partial charge in [-0.2, -0.15) is 0 Å². The molecule has 4 rings (SSSR count). The quantitative estimate of drug-likeness (QED) is 0.574. The van der Waals surface area contributed by atoms with Gasteiger partial charge in [0, 0.05) is 35.6 Å². The number of nitrogens with zero attached hydrogens (tertiary/aromatic N) is 3. The van der Waals surface area contributed by atoms with E-state index < -0.39 is 0 Å². The first kappa shape index (κ1) is 21.1. The molecule has 1 N–H and O–H groups in total. The largest absolute Gasteiger partial charge is 0.494 e. The smallest absolute Gasteiger partial charge is 0.257 e. The summed E-state index contributed by atoms with van der Waals surface area (Å²) in [5.41, 5.74) is 3.76. The Kier molecular flexibility index (Phi) is 6.35. The van der Waals surface area contributed by atoms with Crippen molar-refractivity contribution in [3.05, 3.63) is 53.9 Å². The molecule has 6 heteroatoms. The van der Waals surface area contributed by atoms with Crippen molar-refractivity contribution < 1.29 is 9.53 Å². The molecule has 1 unspecified atom stereocenters. The lowest BCUT2D eigenvalue weighted by atomic mass is 9.98. The Labute approximate surface area is 183 Å². The first-order chi connectivity index (χ1) is 15.1. The summed E-state index contributed by atoms with van der Waals surface area (Å²) in [7, 11) is 0. The van der Waals surface area contributed by atoms with Crippen LogP contribution in [0.4, 0.5) is 11.4 Å². The number of amides is 1. The van der Waals surface area contributed by atoms with E-state index in [9.17, 15) is 4.79 Å². The molecule has 0 aliphatic carbocycles. The summed E-state index contributed by atoms with van der Waals surface area (Å²) in [4.78, 5) is 24.8. The van der Waals surface area contributed by atoms with Crippen LogP contribution in [0.1, 0.15) is 55.6 Å². The maximum absolute atomic E-state index is 13.6. The third-order valence-electron chi connectivity index (χ3n) is 5.89. The van der Waals surface area contributed by atoms with Gasteiger partial charge in [0.2, 0.25) is 0 Å². The number of anilines is 2. The van der Waals surface area contributed by atoms with Gasteiger partial charge in [0.05, 0.1) is 17.9 Å². The van der Waals surface area contributed by atoms with Crippen LogP contribution in [0.15, 0.2) is 42.6 Å². The fourth-order valence-electron chi connectivity index (χ4n) is 4.26. The highest BCUT2D eigenvalue weighted by Gasteiger charge is 2.28. The number of pyridine rings is 2. The number of hydrogen-bond donors (Lipinski definition) is 1. The van der Waals surface area contributed by atoms with Crippen LogP contribution in [0.5, 0.6) is 5.75 Å². The molecule has 0 spiro atoms. The Hall–Kier alpha value is -3.15. The van der Waals surface area contributed by atoms with Crippen LogP contribution >= 0.6 is 0 Å². The van der Waals surface area contributed by atoms with Crippen LogP contribution in [-0.4, -0.2) is 40.0 Å². The van der Waals surface area contributed by atoms with E-state index in [0.29, 0.717) is 17.8 Å². The molecule has 31 heavy (non-hydrogen) atoms. The van der Waals surface area contributed by atoms with Gasteiger partial charge < -0.3 is 15.0 Å². The number of carbonyl (C=O) groups is 1. The lowest BCUT2D eigenvalue weighted by Crippen LogP contribution is -2.43. The van der Waals surface area contributed by atoms with Gasteiger partial charge in [-0.1, -0.05) is 6.92 Å². The molecule has 1 aliphatic heterocycles. The Morgan fingerprint density at radius 2 is 1.97 bits per heavy atom. The highest BCUT2D eigenvalue weighted by Crippen LogP contribution is 2.32. The molecule has 3 aromatic rings. The lowest BCUT2D eigenvalue weighted by molar-refractivity contribution is 0.0609. The molecule has 162 valence electrons. The van der Waals surface area contributed by atoms with E-state index >= 15 is 0 Å². The van der Waals surface area contributed by atoms with Crippen molar-refractivity contribution in [2.75, 3.05) is 18.5 Å². The number of aryl methyl sites for hydroxylation is 1. The molecule has 1 aliphatic rings. The third-order valence-corrected chi connectivity index (χ3v) is 5.89. The number of fused-ring (bicyclic) bond motifs is 1. The van der Waals surface area contributed by atoms with Crippen LogP contribution in [0, 0.1) is 6.92 Å². The summed E-state index contributed by atoms with van der Waals surface area (Å²) in [6.45, 7) is 7.48. The average molecular weight is 419 g/mol. The minimum atomic E-state index is 0.0370. The number of likely N-dealkylation sites (tertiary alicyclic amines) is 1. The van der Waals surface area contributed by atoms with Crippen LogP contribution in [-0.2, 0) is 0 Å². The van der Waals surface area contributed by atoms with Gasteiger partial charge >= 0.3 is 0 Å². The minimum absolute atomic E-state index is 0.0370. The normalized spacial score (nSPS) is 16.4. The van der Waals surface area contributed by atoms with Crippen LogP contribution in [0.3, 0.4) is 0 Å².